The number of hydrogen-bond donors (Lipinski definition) is 0. The third kappa shape index (κ3) is 4.28. The molecule has 0 radical (unpaired) electrons. The van der Waals surface area contributed by atoms with Crippen molar-refractivity contribution in [2.24, 2.45) is 0 Å². The van der Waals surface area contributed by atoms with E-state index in [9.17, 15) is 4.79 Å². The van der Waals surface area contributed by atoms with E-state index in [1.807, 2.05) is 65.2 Å². The van der Waals surface area contributed by atoms with Crippen LogP contribution in [0.3, 0.4) is 0 Å². The molecule has 31 heavy (non-hydrogen) atoms. The Morgan fingerprint density at radius 1 is 0.935 bits per heavy atom. The second-order valence-corrected chi connectivity index (χ2v) is 7.78. The molecule has 0 unspecified atom stereocenters. The van der Waals surface area contributed by atoms with Gasteiger partial charge < -0.3 is 9.47 Å². The maximum atomic E-state index is 12.9. The molecule has 158 valence electrons. The van der Waals surface area contributed by atoms with Crippen LogP contribution in [-0.4, -0.2) is 31.8 Å². The summed E-state index contributed by atoms with van der Waals surface area (Å²) in [5, 5.41) is 0. The summed E-state index contributed by atoms with van der Waals surface area (Å²) in [6, 6.07) is 19.9. The summed E-state index contributed by atoms with van der Waals surface area (Å²) < 4.78 is 15.4. The first-order chi connectivity index (χ1) is 15.3. The molecule has 3 heterocycles. The van der Waals surface area contributed by atoms with E-state index in [0.717, 1.165) is 24.0 Å². The van der Waals surface area contributed by atoms with Gasteiger partial charge in [-0.1, -0.05) is 60.7 Å². The van der Waals surface area contributed by atoms with Gasteiger partial charge in [0.2, 0.25) is 0 Å². The quantitative estimate of drug-likeness (QED) is 0.461. The molecule has 5 rings (SSSR count). The Bertz CT molecular complexity index is 1200. The summed E-state index contributed by atoms with van der Waals surface area (Å²) in [4.78, 5) is 21.8. The number of imidazole rings is 1. The summed E-state index contributed by atoms with van der Waals surface area (Å²) in [6.45, 7) is 1.58. The number of nitrogens with zero attached hydrogens (tertiary/aromatic N) is 4. The first-order valence-electron chi connectivity index (χ1n) is 10.5. The van der Waals surface area contributed by atoms with Crippen LogP contribution in [0.2, 0.25) is 0 Å². The Hall–Kier alpha value is -3.29. The van der Waals surface area contributed by atoms with Crippen molar-refractivity contribution in [3.8, 4) is 0 Å². The van der Waals surface area contributed by atoms with Crippen molar-refractivity contribution in [3.05, 3.63) is 94.8 Å². The van der Waals surface area contributed by atoms with Crippen LogP contribution in [0.1, 0.15) is 30.2 Å². The molecule has 0 amide bonds. The van der Waals surface area contributed by atoms with Crippen molar-refractivity contribution in [1.82, 2.24) is 19.1 Å². The molecule has 0 aliphatic carbocycles. The normalized spacial score (nSPS) is 18.6. The second kappa shape index (κ2) is 8.83. The molecule has 0 bridgehead atoms. The first-order valence-corrected chi connectivity index (χ1v) is 10.5. The third-order valence-electron chi connectivity index (χ3n) is 5.56. The third-order valence-corrected chi connectivity index (χ3v) is 5.56. The molecular weight excluding hydrogens is 392 g/mol. The van der Waals surface area contributed by atoms with E-state index >= 15 is 0 Å². The summed E-state index contributed by atoms with van der Waals surface area (Å²) in [5.74, 6) is 0. The van der Waals surface area contributed by atoms with Crippen molar-refractivity contribution in [3.63, 3.8) is 0 Å². The van der Waals surface area contributed by atoms with E-state index in [-0.39, 0.29) is 17.9 Å². The number of benzene rings is 2. The number of fused-ring (bicyclic) bond motifs is 1. The lowest BCUT2D eigenvalue weighted by Gasteiger charge is -2.15. The lowest BCUT2D eigenvalue weighted by atomic mass is 10.2. The van der Waals surface area contributed by atoms with Crippen molar-refractivity contribution in [2.75, 3.05) is 6.61 Å². The molecule has 0 spiro atoms. The largest absolute Gasteiger partial charge is 0.374 e. The van der Waals surface area contributed by atoms with Crippen molar-refractivity contribution >= 4 is 11.2 Å². The molecule has 1 aliphatic rings. The minimum atomic E-state index is -0.188. The average molecular weight is 416 g/mol. The van der Waals surface area contributed by atoms with Crippen LogP contribution < -0.4 is 5.56 Å². The predicted octanol–water partition coefficient (Wildman–Crippen LogP) is 3.54. The van der Waals surface area contributed by atoms with E-state index in [1.165, 1.54) is 0 Å². The second-order valence-electron chi connectivity index (χ2n) is 7.78. The monoisotopic (exact) mass is 416 g/mol. The minimum Gasteiger partial charge on any atom is -0.374 e. The number of ether oxygens (including phenoxy) is 2. The summed E-state index contributed by atoms with van der Waals surface area (Å²) >= 11 is 0. The lowest BCUT2D eigenvalue weighted by molar-refractivity contribution is -0.0433. The van der Waals surface area contributed by atoms with Gasteiger partial charge in [0.15, 0.2) is 11.2 Å². The fourth-order valence-corrected chi connectivity index (χ4v) is 3.95. The molecule has 2 aromatic heterocycles. The fourth-order valence-electron chi connectivity index (χ4n) is 3.95. The molecule has 1 fully saturated rings. The van der Waals surface area contributed by atoms with Gasteiger partial charge >= 0.3 is 0 Å². The Balaban J connectivity index is 1.25. The van der Waals surface area contributed by atoms with E-state index in [0.29, 0.717) is 30.9 Å². The van der Waals surface area contributed by atoms with Gasteiger partial charge in [-0.05, 0) is 24.0 Å². The average Bonchev–Trinajstić information content (AvgIpc) is 3.44. The summed E-state index contributed by atoms with van der Waals surface area (Å²) in [7, 11) is 0. The highest BCUT2D eigenvalue weighted by molar-refractivity contribution is 5.69. The molecule has 2 aromatic carbocycles. The van der Waals surface area contributed by atoms with Crippen LogP contribution in [0, 0.1) is 0 Å². The van der Waals surface area contributed by atoms with Gasteiger partial charge in [0.25, 0.3) is 5.56 Å². The van der Waals surface area contributed by atoms with E-state index in [1.54, 1.807) is 17.2 Å². The van der Waals surface area contributed by atoms with Crippen LogP contribution in [-0.2, 0) is 22.6 Å². The topological polar surface area (TPSA) is 71.2 Å². The predicted molar refractivity (Wildman–Crippen MR) is 117 cm³/mol. The SMILES string of the molecule is O=c1c2ncn([C@H]3CC[C@@H](COCc4ccccc4)O3)c2ncn1Cc1ccccc1. The minimum absolute atomic E-state index is 0.0182. The fraction of sp³-hybridized carbons (Fsp3) is 0.292. The highest BCUT2D eigenvalue weighted by Gasteiger charge is 2.28. The summed E-state index contributed by atoms with van der Waals surface area (Å²) in [6.07, 6.45) is 4.80. The van der Waals surface area contributed by atoms with Gasteiger partial charge in [0.05, 0.1) is 32.2 Å². The molecular formula is C24H24N4O3. The van der Waals surface area contributed by atoms with E-state index in [2.05, 4.69) is 9.97 Å². The molecule has 1 aliphatic heterocycles. The van der Waals surface area contributed by atoms with Gasteiger partial charge in [-0.2, -0.15) is 0 Å². The molecule has 1 saturated heterocycles. The Kier molecular flexibility index (Phi) is 5.60. The van der Waals surface area contributed by atoms with Crippen LogP contribution in [0.4, 0.5) is 0 Å². The van der Waals surface area contributed by atoms with Crippen LogP contribution in [0.25, 0.3) is 11.2 Å². The Labute approximate surface area is 179 Å². The molecule has 0 N–H and O–H groups in total. The lowest BCUT2D eigenvalue weighted by Crippen LogP contribution is -2.22. The smallest absolute Gasteiger partial charge is 0.281 e. The van der Waals surface area contributed by atoms with Crippen LogP contribution in [0.15, 0.2) is 78.1 Å². The van der Waals surface area contributed by atoms with Gasteiger partial charge in [-0.25, -0.2) is 9.97 Å². The van der Waals surface area contributed by atoms with E-state index in [4.69, 9.17) is 9.47 Å². The molecule has 7 nitrogen and oxygen atoms in total. The molecule has 7 heteroatoms. The van der Waals surface area contributed by atoms with E-state index < -0.39 is 0 Å². The van der Waals surface area contributed by atoms with Crippen molar-refractivity contribution < 1.29 is 9.47 Å². The number of aromatic nitrogens is 4. The van der Waals surface area contributed by atoms with Gasteiger partial charge in [-0.3, -0.25) is 13.9 Å². The van der Waals surface area contributed by atoms with Gasteiger partial charge in [0, 0.05) is 0 Å². The maximum absolute atomic E-state index is 12.9. The summed E-state index contributed by atoms with van der Waals surface area (Å²) in [5.41, 5.74) is 2.97. The molecule has 0 saturated carbocycles. The van der Waals surface area contributed by atoms with Crippen molar-refractivity contribution in [1.29, 1.82) is 0 Å². The Morgan fingerprint density at radius 3 is 2.45 bits per heavy atom. The highest BCUT2D eigenvalue weighted by Crippen LogP contribution is 2.30. The molecule has 4 aromatic rings. The van der Waals surface area contributed by atoms with Crippen LogP contribution in [0.5, 0.6) is 0 Å². The first kappa shape index (κ1) is 19.7. The number of rotatable bonds is 7. The van der Waals surface area contributed by atoms with Gasteiger partial charge in [0.1, 0.15) is 12.6 Å². The highest BCUT2D eigenvalue weighted by atomic mass is 16.5. The van der Waals surface area contributed by atoms with Crippen molar-refractivity contribution in [2.45, 2.75) is 38.3 Å². The number of hydrogen-bond acceptors (Lipinski definition) is 5. The zero-order valence-electron chi connectivity index (χ0n) is 17.1. The zero-order chi connectivity index (χ0) is 21.0. The van der Waals surface area contributed by atoms with Gasteiger partial charge in [-0.15, -0.1) is 0 Å². The standard InChI is InChI=1S/C24H24N4O3/c29-24-22-23(26-16-27(24)13-18-7-3-1-4-8-18)28(17-25-22)21-12-11-20(31-21)15-30-14-19-9-5-2-6-10-19/h1-10,16-17,20-21H,11-15H2/t20-,21+/m0/s1. The zero-order valence-corrected chi connectivity index (χ0v) is 17.1. The maximum Gasteiger partial charge on any atom is 0.281 e. The van der Waals surface area contributed by atoms with Crippen LogP contribution >= 0.6 is 0 Å². The Morgan fingerprint density at radius 2 is 1.68 bits per heavy atom. The molecule has 2 atom stereocenters.